The van der Waals surface area contributed by atoms with Crippen molar-refractivity contribution < 1.29 is 9.31 Å². The third-order valence-electron chi connectivity index (χ3n) is 5.47. The zero-order chi connectivity index (χ0) is 16.0. The van der Waals surface area contributed by atoms with E-state index in [0.29, 0.717) is 5.92 Å². The minimum absolute atomic E-state index is 0.301. The van der Waals surface area contributed by atoms with Gasteiger partial charge in [-0.1, -0.05) is 6.07 Å². The largest absolute Gasteiger partial charge is 0.496 e. The molecule has 0 spiro atoms. The fourth-order valence-corrected chi connectivity index (χ4v) is 3.08. The predicted molar refractivity (Wildman–Crippen MR) is 89.4 cm³/mol. The summed E-state index contributed by atoms with van der Waals surface area (Å²) >= 11 is 0. The summed E-state index contributed by atoms with van der Waals surface area (Å²) in [7, 11) is 1.87. The third-order valence-corrected chi connectivity index (χ3v) is 5.47. The van der Waals surface area contributed by atoms with Gasteiger partial charge in [0.15, 0.2) is 0 Å². The van der Waals surface area contributed by atoms with Crippen LogP contribution in [0.15, 0.2) is 18.3 Å². The van der Waals surface area contributed by atoms with Gasteiger partial charge in [0, 0.05) is 23.3 Å². The first-order valence-corrected chi connectivity index (χ1v) is 8.28. The van der Waals surface area contributed by atoms with Crippen LogP contribution in [-0.4, -0.2) is 48.3 Å². The van der Waals surface area contributed by atoms with Gasteiger partial charge in [-0.15, -0.1) is 0 Å². The fourth-order valence-electron chi connectivity index (χ4n) is 3.08. The Hall–Kier alpha value is -0.905. The molecule has 0 saturated carbocycles. The van der Waals surface area contributed by atoms with Gasteiger partial charge in [0.1, 0.15) is 0 Å². The SMILES string of the molecule is CN1CCC(c2ccc(B3OC(C)(C)C(C)(C)O3)cn2)CC1. The molecule has 0 N–H and O–H groups in total. The molecule has 1 aromatic rings. The van der Waals surface area contributed by atoms with Crippen molar-refractivity contribution in [3.8, 4) is 0 Å². The monoisotopic (exact) mass is 302 g/mol. The minimum atomic E-state index is -0.316. The van der Waals surface area contributed by atoms with Crippen molar-refractivity contribution in [3.63, 3.8) is 0 Å². The van der Waals surface area contributed by atoms with Gasteiger partial charge in [-0.05, 0) is 66.7 Å². The van der Waals surface area contributed by atoms with E-state index in [1.165, 1.54) is 18.5 Å². The highest BCUT2D eigenvalue weighted by atomic mass is 16.7. The van der Waals surface area contributed by atoms with E-state index in [-0.39, 0.29) is 18.3 Å². The molecule has 2 saturated heterocycles. The average molecular weight is 302 g/mol. The first-order chi connectivity index (χ1) is 10.3. The Bertz CT molecular complexity index is 506. The van der Waals surface area contributed by atoms with Gasteiger partial charge in [0.05, 0.1) is 11.2 Å². The summed E-state index contributed by atoms with van der Waals surface area (Å²) in [6, 6.07) is 4.26. The topological polar surface area (TPSA) is 34.6 Å². The van der Waals surface area contributed by atoms with Crippen LogP contribution in [0.1, 0.15) is 52.1 Å². The molecule has 120 valence electrons. The van der Waals surface area contributed by atoms with E-state index < -0.39 is 0 Å². The van der Waals surface area contributed by atoms with Crippen molar-refractivity contribution in [1.29, 1.82) is 0 Å². The molecule has 0 amide bonds. The Morgan fingerprint density at radius 2 is 1.68 bits per heavy atom. The van der Waals surface area contributed by atoms with E-state index in [2.05, 4.69) is 56.8 Å². The van der Waals surface area contributed by atoms with Crippen molar-refractivity contribution in [2.75, 3.05) is 20.1 Å². The normalized spacial score (nSPS) is 25.6. The lowest BCUT2D eigenvalue weighted by Gasteiger charge is -2.32. The predicted octanol–water partition coefficient (Wildman–Crippen LogP) is 2.19. The van der Waals surface area contributed by atoms with Crippen molar-refractivity contribution >= 4 is 12.6 Å². The number of hydrogen-bond acceptors (Lipinski definition) is 4. The molecule has 2 fully saturated rings. The van der Waals surface area contributed by atoms with E-state index in [1.807, 2.05) is 6.20 Å². The molecule has 3 heterocycles. The summed E-state index contributed by atoms with van der Waals surface area (Å²) in [4.78, 5) is 7.07. The van der Waals surface area contributed by atoms with Crippen LogP contribution < -0.4 is 5.46 Å². The van der Waals surface area contributed by atoms with Gasteiger partial charge in [-0.2, -0.15) is 0 Å². The van der Waals surface area contributed by atoms with Gasteiger partial charge in [-0.3, -0.25) is 4.98 Å². The fraction of sp³-hybridized carbons (Fsp3) is 0.706. The summed E-state index contributed by atoms with van der Waals surface area (Å²) < 4.78 is 12.2. The highest BCUT2D eigenvalue weighted by Crippen LogP contribution is 2.36. The molecule has 0 atom stereocenters. The number of pyridine rings is 1. The molecule has 4 nitrogen and oxygen atoms in total. The lowest BCUT2D eigenvalue weighted by atomic mass is 9.80. The van der Waals surface area contributed by atoms with Gasteiger partial charge >= 0.3 is 7.12 Å². The van der Waals surface area contributed by atoms with E-state index >= 15 is 0 Å². The number of nitrogens with zero attached hydrogens (tertiary/aromatic N) is 2. The minimum Gasteiger partial charge on any atom is -0.399 e. The Morgan fingerprint density at radius 3 is 2.18 bits per heavy atom. The van der Waals surface area contributed by atoms with E-state index in [4.69, 9.17) is 9.31 Å². The molecule has 0 aliphatic carbocycles. The molecule has 3 rings (SSSR count). The molecule has 0 radical (unpaired) electrons. The molecule has 0 unspecified atom stereocenters. The molecule has 0 bridgehead atoms. The maximum absolute atomic E-state index is 6.08. The van der Waals surface area contributed by atoms with Crippen molar-refractivity contribution in [3.05, 3.63) is 24.0 Å². The molecule has 2 aliphatic heterocycles. The third kappa shape index (κ3) is 2.94. The van der Waals surface area contributed by atoms with Gasteiger partial charge in [-0.25, -0.2) is 0 Å². The highest BCUT2D eigenvalue weighted by molar-refractivity contribution is 6.62. The van der Waals surface area contributed by atoms with Crippen LogP contribution in [0.5, 0.6) is 0 Å². The lowest BCUT2D eigenvalue weighted by Crippen LogP contribution is -2.41. The second-order valence-electron chi connectivity index (χ2n) is 7.68. The highest BCUT2D eigenvalue weighted by Gasteiger charge is 2.51. The van der Waals surface area contributed by atoms with Crippen LogP contribution >= 0.6 is 0 Å². The lowest BCUT2D eigenvalue weighted by molar-refractivity contribution is 0.00578. The first kappa shape index (κ1) is 16.0. The van der Waals surface area contributed by atoms with E-state index in [0.717, 1.165) is 18.6 Å². The zero-order valence-corrected chi connectivity index (χ0v) is 14.4. The molecule has 2 aliphatic rings. The number of aromatic nitrogens is 1. The first-order valence-electron chi connectivity index (χ1n) is 8.28. The maximum atomic E-state index is 6.08. The summed E-state index contributed by atoms with van der Waals surface area (Å²) in [6.07, 6.45) is 4.31. The number of hydrogen-bond donors (Lipinski definition) is 0. The summed E-state index contributed by atoms with van der Waals surface area (Å²) in [5.74, 6) is 0.587. The Morgan fingerprint density at radius 1 is 1.09 bits per heavy atom. The number of rotatable bonds is 2. The molecule has 1 aromatic heterocycles. The summed E-state index contributed by atoms with van der Waals surface area (Å²) in [5, 5.41) is 0. The quantitative estimate of drug-likeness (QED) is 0.784. The van der Waals surface area contributed by atoms with Crippen LogP contribution in [0, 0.1) is 0 Å². The Balaban J connectivity index is 1.70. The summed E-state index contributed by atoms with van der Waals surface area (Å²) in [5.41, 5.74) is 1.61. The smallest absolute Gasteiger partial charge is 0.399 e. The van der Waals surface area contributed by atoms with Crippen LogP contribution in [0.2, 0.25) is 0 Å². The van der Waals surface area contributed by atoms with Crippen LogP contribution in [0.3, 0.4) is 0 Å². The Kier molecular flexibility index (Phi) is 4.08. The Labute approximate surface area is 134 Å². The van der Waals surface area contributed by atoms with Crippen LogP contribution in [0.4, 0.5) is 0 Å². The molecular formula is C17H27BN2O2. The second kappa shape index (κ2) is 5.62. The maximum Gasteiger partial charge on any atom is 0.496 e. The van der Waals surface area contributed by atoms with Crippen LogP contribution in [-0.2, 0) is 9.31 Å². The summed E-state index contributed by atoms with van der Waals surface area (Å²) in [6.45, 7) is 10.6. The van der Waals surface area contributed by atoms with E-state index in [1.54, 1.807) is 0 Å². The standard InChI is InChI=1S/C17H27BN2O2/c1-16(2)17(3,4)22-18(21-16)14-6-7-15(19-12-14)13-8-10-20(5)11-9-13/h6-7,12-13H,8-11H2,1-5H3. The number of likely N-dealkylation sites (tertiary alicyclic amines) is 1. The molecule has 5 heteroatoms. The van der Waals surface area contributed by atoms with Gasteiger partial charge in [0.25, 0.3) is 0 Å². The van der Waals surface area contributed by atoms with Crippen molar-refractivity contribution in [1.82, 2.24) is 9.88 Å². The molecule has 0 aromatic carbocycles. The van der Waals surface area contributed by atoms with Crippen molar-refractivity contribution in [2.24, 2.45) is 0 Å². The second-order valence-corrected chi connectivity index (χ2v) is 7.68. The molecular weight excluding hydrogens is 275 g/mol. The van der Waals surface area contributed by atoms with Gasteiger partial charge < -0.3 is 14.2 Å². The zero-order valence-electron chi connectivity index (χ0n) is 14.4. The van der Waals surface area contributed by atoms with Crippen molar-refractivity contribution in [2.45, 2.75) is 57.7 Å². The number of piperidine rings is 1. The van der Waals surface area contributed by atoms with Crippen LogP contribution in [0.25, 0.3) is 0 Å². The van der Waals surface area contributed by atoms with Gasteiger partial charge in [0.2, 0.25) is 0 Å². The molecule has 22 heavy (non-hydrogen) atoms. The average Bonchev–Trinajstić information content (AvgIpc) is 2.68. The van der Waals surface area contributed by atoms with E-state index in [9.17, 15) is 0 Å².